The Balaban J connectivity index is 2.32. The van der Waals surface area contributed by atoms with Gasteiger partial charge in [-0.1, -0.05) is 0 Å². The van der Waals surface area contributed by atoms with Gasteiger partial charge in [0.1, 0.15) is 0 Å². The van der Waals surface area contributed by atoms with Crippen LogP contribution in [0.4, 0.5) is 14.5 Å². The SMILES string of the molecule is COc1c(F)cc(N2CC(CO)CC2=O)cc1F. The summed E-state index contributed by atoms with van der Waals surface area (Å²) in [6, 6.07) is 2.11. The smallest absolute Gasteiger partial charge is 0.227 e. The first-order chi connectivity index (χ1) is 8.56. The first-order valence-corrected chi connectivity index (χ1v) is 5.51. The van der Waals surface area contributed by atoms with E-state index in [4.69, 9.17) is 5.11 Å². The van der Waals surface area contributed by atoms with Crippen LogP contribution in [0.3, 0.4) is 0 Å². The molecule has 0 saturated carbocycles. The van der Waals surface area contributed by atoms with Crippen molar-refractivity contribution in [2.75, 3.05) is 25.2 Å². The minimum atomic E-state index is -0.854. The number of hydrogen-bond acceptors (Lipinski definition) is 3. The molecule has 1 heterocycles. The third-order valence-corrected chi connectivity index (χ3v) is 2.96. The molecule has 1 aliphatic heterocycles. The topological polar surface area (TPSA) is 49.8 Å². The molecule has 0 spiro atoms. The van der Waals surface area contributed by atoms with Crippen molar-refractivity contribution in [1.29, 1.82) is 0 Å². The summed E-state index contributed by atoms with van der Waals surface area (Å²) in [7, 11) is 1.17. The Hall–Kier alpha value is -1.69. The highest BCUT2D eigenvalue weighted by molar-refractivity contribution is 5.95. The molecule has 1 aliphatic rings. The van der Waals surface area contributed by atoms with Crippen molar-refractivity contribution in [1.82, 2.24) is 0 Å². The molecule has 1 unspecified atom stereocenters. The number of methoxy groups -OCH3 is 1. The number of amides is 1. The number of ether oxygens (including phenoxy) is 1. The maximum absolute atomic E-state index is 13.5. The molecule has 98 valence electrons. The Morgan fingerprint density at radius 1 is 1.44 bits per heavy atom. The monoisotopic (exact) mass is 257 g/mol. The summed E-state index contributed by atoms with van der Waals surface area (Å²) >= 11 is 0. The summed E-state index contributed by atoms with van der Waals surface area (Å²) in [5, 5.41) is 8.99. The van der Waals surface area contributed by atoms with Gasteiger partial charge in [-0.3, -0.25) is 4.79 Å². The lowest BCUT2D eigenvalue weighted by Gasteiger charge is -2.17. The molecule has 1 atom stereocenters. The molecule has 0 bridgehead atoms. The molecule has 1 aromatic carbocycles. The molecule has 1 aromatic rings. The molecular weight excluding hydrogens is 244 g/mol. The van der Waals surface area contributed by atoms with Gasteiger partial charge < -0.3 is 14.7 Å². The highest BCUT2D eigenvalue weighted by Gasteiger charge is 2.31. The predicted octanol–water partition coefficient (Wildman–Crippen LogP) is 1.32. The van der Waals surface area contributed by atoms with E-state index in [0.29, 0.717) is 0 Å². The summed E-state index contributed by atoms with van der Waals surface area (Å²) in [5.41, 5.74) is 0.145. The number of benzene rings is 1. The van der Waals surface area contributed by atoms with Crippen molar-refractivity contribution in [2.24, 2.45) is 5.92 Å². The fourth-order valence-electron chi connectivity index (χ4n) is 2.05. The van der Waals surface area contributed by atoms with Crippen molar-refractivity contribution >= 4 is 11.6 Å². The van der Waals surface area contributed by atoms with Gasteiger partial charge in [0.25, 0.3) is 0 Å². The molecule has 1 saturated heterocycles. The minimum absolute atomic E-state index is 0.122. The van der Waals surface area contributed by atoms with E-state index in [0.717, 1.165) is 12.1 Å². The van der Waals surface area contributed by atoms with Crippen molar-refractivity contribution in [3.05, 3.63) is 23.8 Å². The molecule has 0 aliphatic carbocycles. The summed E-state index contributed by atoms with van der Waals surface area (Å²) in [6.45, 7) is 0.143. The van der Waals surface area contributed by atoms with Gasteiger partial charge in [0.05, 0.1) is 7.11 Å². The lowest BCUT2D eigenvalue weighted by Crippen LogP contribution is -2.25. The van der Waals surface area contributed by atoms with E-state index in [1.165, 1.54) is 12.0 Å². The van der Waals surface area contributed by atoms with Crippen LogP contribution in [0.15, 0.2) is 12.1 Å². The van der Waals surface area contributed by atoms with E-state index in [9.17, 15) is 13.6 Å². The van der Waals surface area contributed by atoms with Crippen LogP contribution in [0, 0.1) is 17.6 Å². The standard InChI is InChI=1S/C12H13F2NO3/c1-18-12-9(13)3-8(4-10(12)14)15-5-7(6-16)2-11(15)17/h3-4,7,16H,2,5-6H2,1H3. The van der Waals surface area contributed by atoms with Gasteiger partial charge in [0.15, 0.2) is 17.4 Å². The zero-order valence-electron chi connectivity index (χ0n) is 9.82. The number of carbonyl (C=O) groups excluding carboxylic acids is 1. The second kappa shape index (κ2) is 4.89. The lowest BCUT2D eigenvalue weighted by molar-refractivity contribution is -0.117. The Kier molecular flexibility index (Phi) is 3.47. The number of carbonyl (C=O) groups is 1. The summed E-state index contributed by atoms with van der Waals surface area (Å²) in [6.07, 6.45) is 0.186. The zero-order chi connectivity index (χ0) is 13.3. The Labute approximate surface area is 103 Å². The fourth-order valence-corrected chi connectivity index (χ4v) is 2.05. The number of nitrogens with zero attached hydrogens (tertiary/aromatic N) is 1. The zero-order valence-corrected chi connectivity index (χ0v) is 9.82. The number of anilines is 1. The average molecular weight is 257 g/mol. The molecule has 4 nitrogen and oxygen atoms in total. The van der Waals surface area contributed by atoms with Crippen LogP contribution in [-0.4, -0.2) is 31.3 Å². The Bertz CT molecular complexity index is 455. The van der Waals surface area contributed by atoms with E-state index >= 15 is 0 Å². The average Bonchev–Trinajstić information content (AvgIpc) is 2.70. The predicted molar refractivity (Wildman–Crippen MR) is 60.5 cm³/mol. The number of halogens is 2. The molecule has 1 N–H and O–H groups in total. The van der Waals surface area contributed by atoms with Crippen molar-refractivity contribution < 1.29 is 23.4 Å². The number of aliphatic hydroxyl groups is 1. The molecule has 18 heavy (non-hydrogen) atoms. The number of rotatable bonds is 3. The normalized spacial score (nSPS) is 19.4. The second-order valence-corrected chi connectivity index (χ2v) is 4.20. The molecule has 0 radical (unpaired) electrons. The van der Waals surface area contributed by atoms with Gasteiger partial charge in [-0.15, -0.1) is 0 Å². The van der Waals surface area contributed by atoms with E-state index in [2.05, 4.69) is 4.74 Å². The third-order valence-electron chi connectivity index (χ3n) is 2.96. The van der Waals surface area contributed by atoms with Gasteiger partial charge in [-0.2, -0.15) is 0 Å². The Morgan fingerprint density at radius 2 is 2.06 bits per heavy atom. The summed E-state index contributed by atoms with van der Waals surface area (Å²) < 4.78 is 31.6. The highest BCUT2D eigenvalue weighted by Crippen LogP contribution is 2.30. The van der Waals surface area contributed by atoms with E-state index < -0.39 is 17.4 Å². The van der Waals surface area contributed by atoms with Crippen LogP contribution in [-0.2, 0) is 4.79 Å². The van der Waals surface area contributed by atoms with Gasteiger partial charge >= 0.3 is 0 Å². The molecule has 1 fully saturated rings. The molecule has 6 heteroatoms. The molecular formula is C12H13F2NO3. The van der Waals surface area contributed by atoms with Crippen LogP contribution < -0.4 is 9.64 Å². The quantitative estimate of drug-likeness (QED) is 0.888. The van der Waals surface area contributed by atoms with Crippen LogP contribution >= 0.6 is 0 Å². The first kappa shape index (κ1) is 12.8. The van der Waals surface area contributed by atoms with Gasteiger partial charge in [0, 0.05) is 43.3 Å². The van der Waals surface area contributed by atoms with Crippen LogP contribution in [0.1, 0.15) is 6.42 Å². The van der Waals surface area contributed by atoms with Crippen LogP contribution in [0.5, 0.6) is 5.75 Å². The second-order valence-electron chi connectivity index (χ2n) is 4.20. The van der Waals surface area contributed by atoms with E-state index in [-0.39, 0.29) is 37.1 Å². The summed E-state index contributed by atoms with van der Waals surface area (Å²) in [5.74, 6) is -2.62. The molecule has 2 rings (SSSR count). The van der Waals surface area contributed by atoms with E-state index in [1.807, 2.05) is 0 Å². The first-order valence-electron chi connectivity index (χ1n) is 5.51. The lowest BCUT2D eigenvalue weighted by atomic mass is 10.1. The number of aliphatic hydroxyl groups excluding tert-OH is 1. The number of hydrogen-bond donors (Lipinski definition) is 1. The van der Waals surface area contributed by atoms with E-state index in [1.54, 1.807) is 0 Å². The van der Waals surface area contributed by atoms with Crippen LogP contribution in [0.2, 0.25) is 0 Å². The van der Waals surface area contributed by atoms with Crippen molar-refractivity contribution in [3.63, 3.8) is 0 Å². The van der Waals surface area contributed by atoms with Gasteiger partial charge in [-0.05, 0) is 0 Å². The Morgan fingerprint density at radius 3 is 2.50 bits per heavy atom. The van der Waals surface area contributed by atoms with Gasteiger partial charge in [-0.25, -0.2) is 8.78 Å². The molecule has 0 aromatic heterocycles. The molecule has 1 amide bonds. The van der Waals surface area contributed by atoms with Crippen LogP contribution in [0.25, 0.3) is 0 Å². The third kappa shape index (κ3) is 2.15. The van der Waals surface area contributed by atoms with Gasteiger partial charge in [0.2, 0.25) is 5.91 Å². The largest absolute Gasteiger partial charge is 0.491 e. The highest BCUT2D eigenvalue weighted by atomic mass is 19.1. The fraction of sp³-hybridized carbons (Fsp3) is 0.417. The van der Waals surface area contributed by atoms with Crippen molar-refractivity contribution in [2.45, 2.75) is 6.42 Å². The van der Waals surface area contributed by atoms with Crippen molar-refractivity contribution in [3.8, 4) is 5.75 Å². The summed E-state index contributed by atoms with van der Waals surface area (Å²) in [4.78, 5) is 12.9. The maximum Gasteiger partial charge on any atom is 0.227 e. The maximum atomic E-state index is 13.5. The minimum Gasteiger partial charge on any atom is -0.491 e.